The first kappa shape index (κ1) is 22.4. The lowest BCUT2D eigenvalue weighted by atomic mass is 10.1. The molecule has 1 aliphatic rings. The van der Waals surface area contributed by atoms with Crippen molar-refractivity contribution >= 4 is 5.96 Å². The standard InChI is InChI=1S/C22H36N6O2/c1-16(2)21-18(15-27(6)25-21)14-26(5)22(23-4)24-13-19(20-8-7-17(3)30-20)28-9-11-29-12-10-28/h7-8,15-16,19H,9-14H2,1-6H3,(H,23,24). The molecule has 1 saturated heterocycles. The van der Waals surface area contributed by atoms with Crippen molar-refractivity contribution in [3.8, 4) is 0 Å². The van der Waals surface area contributed by atoms with Gasteiger partial charge in [-0.2, -0.15) is 5.10 Å². The molecular formula is C22H36N6O2. The summed E-state index contributed by atoms with van der Waals surface area (Å²) in [6.07, 6.45) is 2.10. The molecule has 0 aliphatic carbocycles. The highest BCUT2D eigenvalue weighted by Gasteiger charge is 2.26. The third-order valence-electron chi connectivity index (χ3n) is 5.49. The molecule has 1 fully saturated rings. The Labute approximate surface area is 179 Å². The van der Waals surface area contributed by atoms with E-state index in [1.807, 2.05) is 31.8 Å². The summed E-state index contributed by atoms with van der Waals surface area (Å²) in [7, 11) is 5.86. The normalized spacial score (nSPS) is 16.8. The maximum Gasteiger partial charge on any atom is 0.193 e. The number of hydrogen-bond acceptors (Lipinski definition) is 5. The Morgan fingerprint density at radius 1 is 1.30 bits per heavy atom. The van der Waals surface area contributed by atoms with Gasteiger partial charge in [0.1, 0.15) is 11.5 Å². The molecule has 2 aromatic rings. The fourth-order valence-electron chi connectivity index (χ4n) is 4.00. The maximum absolute atomic E-state index is 5.98. The minimum Gasteiger partial charge on any atom is -0.465 e. The van der Waals surface area contributed by atoms with Gasteiger partial charge in [0.05, 0.1) is 24.9 Å². The van der Waals surface area contributed by atoms with Gasteiger partial charge in [-0.15, -0.1) is 0 Å². The number of hydrogen-bond donors (Lipinski definition) is 1. The highest BCUT2D eigenvalue weighted by atomic mass is 16.5. The summed E-state index contributed by atoms with van der Waals surface area (Å²) in [5, 5.41) is 8.18. The second kappa shape index (κ2) is 10.1. The number of morpholine rings is 1. The molecule has 1 atom stereocenters. The molecule has 3 rings (SSSR count). The van der Waals surface area contributed by atoms with Crippen molar-refractivity contribution < 1.29 is 9.15 Å². The van der Waals surface area contributed by atoms with Gasteiger partial charge >= 0.3 is 0 Å². The third-order valence-corrected chi connectivity index (χ3v) is 5.49. The van der Waals surface area contributed by atoms with E-state index in [4.69, 9.17) is 9.15 Å². The van der Waals surface area contributed by atoms with Crippen LogP contribution >= 0.6 is 0 Å². The smallest absolute Gasteiger partial charge is 0.193 e. The van der Waals surface area contributed by atoms with E-state index in [-0.39, 0.29) is 6.04 Å². The van der Waals surface area contributed by atoms with Gasteiger partial charge < -0.3 is 19.4 Å². The van der Waals surface area contributed by atoms with Gasteiger partial charge in [0.15, 0.2) is 5.96 Å². The van der Waals surface area contributed by atoms with Crippen LogP contribution in [-0.4, -0.2) is 72.5 Å². The SMILES string of the molecule is CN=C(NCC(c1ccc(C)o1)N1CCOCC1)N(C)Cc1cn(C)nc1C(C)C. The number of nitrogens with zero attached hydrogens (tertiary/aromatic N) is 5. The molecule has 1 N–H and O–H groups in total. The molecule has 0 radical (unpaired) electrons. The Morgan fingerprint density at radius 3 is 2.63 bits per heavy atom. The summed E-state index contributed by atoms with van der Waals surface area (Å²) in [5.41, 5.74) is 2.36. The molecule has 8 nitrogen and oxygen atoms in total. The lowest BCUT2D eigenvalue weighted by Crippen LogP contribution is -2.46. The molecular weight excluding hydrogens is 380 g/mol. The Balaban J connectivity index is 1.68. The van der Waals surface area contributed by atoms with Gasteiger partial charge in [0, 0.05) is 59.1 Å². The second-order valence-corrected chi connectivity index (χ2v) is 8.26. The first-order chi connectivity index (χ1) is 14.4. The van der Waals surface area contributed by atoms with Crippen molar-refractivity contribution in [3.05, 3.63) is 41.1 Å². The molecule has 1 unspecified atom stereocenters. The monoisotopic (exact) mass is 416 g/mol. The Kier molecular flexibility index (Phi) is 7.55. The average Bonchev–Trinajstić information content (AvgIpc) is 3.31. The molecule has 0 saturated carbocycles. The Morgan fingerprint density at radius 2 is 2.03 bits per heavy atom. The lowest BCUT2D eigenvalue weighted by Gasteiger charge is -2.34. The zero-order valence-corrected chi connectivity index (χ0v) is 19.2. The third kappa shape index (κ3) is 5.43. The van der Waals surface area contributed by atoms with E-state index < -0.39 is 0 Å². The molecule has 0 bridgehead atoms. The number of rotatable bonds is 7. The molecule has 2 aromatic heterocycles. The summed E-state index contributed by atoms with van der Waals surface area (Å²) in [6, 6.07) is 4.24. The van der Waals surface area contributed by atoms with E-state index >= 15 is 0 Å². The van der Waals surface area contributed by atoms with E-state index in [9.17, 15) is 0 Å². The van der Waals surface area contributed by atoms with Crippen molar-refractivity contribution in [1.29, 1.82) is 0 Å². The first-order valence-corrected chi connectivity index (χ1v) is 10.7. The number of furan rings is 1. The molecule has 0 aromatic carbocycles. The summed E-state index contributed by atoms with van der Waals surface area (Å²) in [5.74, 6) is 3.16. The number of aromatic nitrogens is 2. The predicted octanol–water partition coefficient (Wildman–Crippen LogP) is 2.53. The van der Waals surface area contributed by atoms with Crippen LogP contribution in [0.1, 0.15) is 48.6 Å². The van der Waals surface area contributed by atoms with Crippen LogP contribution in [0.15, 0.2) is 27.7 Å². The van der Waals surface area contributed by atoms with Crippen molar-refractivity contribution in [1.82, 2.24) is 24.9 Å². The van der Waals surface area contributed by atoms with Crippen molar-refractivity contribution in [3.63, 3.8) is 0 Å². The van der Waals surface area contributed by atoms with Crippen LogP contribution in [0.3, 0.4) is 0 Å². The number of aryl methyl sites for hydroxylation is 2. The van der Waals surface area contributed by atoms with Gasteiger partial charge in [-0.05, 0) is 25.0 Å². The summed E-state index contributed by atoms with van der Waals surface area (Å²) >= 11 is 0. The zero-order chi connectivity index (χ0) is 21.7. The van der Waals surface area contributed by atoms with Gasteiger partial charge in [-0.25, -0.2) is 0 Å². The van der Waals surface area contributed by atoms with Crippen molar-refractivity contribution in [2.24, 2.45) is 12.0 Å². The Bertz CT molecular complexity index is 835. The number of aliphatic imine (C=N–C) groups is 1. The van der Waals surface area contributed by atoms with E-state index in [1.54, 1.807) is 0 Å². The number of ether oxygens (including phenoxy) is 1. The molecule has 166 valence electrons. The highest BCUT2D eigenvalue weighted by molar-refractivity contribution is 5.79. The van der Waals surface area contributed by atoms with E-state index in [0.717, 1.165) is 56.0 Å². The fraction of sp³-hybridized carbons (Fsp3) is 0.636. The topological polar surface area (TPSA) is 71.1 Å². The van der Waals surface area contributed by atoms with Crippen molar-refractivity contribution in [2.75, 3.05) is 46.9 Å². The predicted molar refractivity (Wildman–Crippen MR) is 119 cm³/mol. The maximum atomic E-state index is 5.98. The van der Waals surface area contributed by atoms with E-state index in [2.05, 4.69) is 58.4 Å². The van der Waals surface area contributed by atoms with Crippen molar-refractivity contribution in [2.45, 2.75) is 39.3 Å². The highest BCUT2D eigenvalue weighted by Crippen LogP contribution is 2.24. The van der Waals surface area contributed by atoms with Crippen LogP contribution in [0, 0.1) is 6.92 Å². The van der Waals surface area contributed by atoms with Crippen LogP contribution in [0.4, 0.5) is 0 Å². The van der Waals surface area contributed by atoms with Gasteiger partial charge in [-0.1, -0.05) is 13.8 Å². The molecule has 30 heavy (non-hydrogen) atoms. The second-order valence-electron chi connectivity index (χ2n) is 8.26. The van der Waals surface area contributed by atoms with E-state index in [1.165, 1.54) is 5.56 Å². The average molecular weight is 417 g/mol. The van der Waals surface area contributed by atoms with Crippen LogP contribution in [0.2, 0.25) is 0 Å². The van der Waals surface area contributed by atoms with Gasteiger partial charge in [0.2, 0.25) is 0 Å². The van der Waals surface area contributed by atoms with Crippen LogP contribution in [0.25, 0.3) is 0 Å². The van der Waals surface area contributed by atoms with E-state index in [0.29, 0.717) is 12.5 Å². The first-order valence-electron chi connectivity index (χ1n) is 10.7. The molecule has 0 spiro atoms. The zero-order valence-electron chi connectivity index (χ0n) is 19.2. The van der Waals surface area contributed by atoms with Gasteiger partial charge in [0.25, 0.3) is 0 Å². The number of nitrogens with one attached hydrogen (secondary N) is 1. The minimum atomic E-state index is 0.136. The Hall–Kier alpha value is -2.32. The lowest BCUT2D eigenvalue weighted by molar-refractivity contribution is 0.0123. The van der Waals surface area contributed by atoms with Gasteiger partial charge in [-0.3, -0.25) is 14.6 Å². The van der Waals surface area contributed by atoms with Crippen LogP contribution in [-0.2, 0) is 18.3 Å². The summed E-state index contributed by atoms with van der Waals surface area (Å²) in [6.45, 7) is 11.1. The minimum absolute atomic E-state index is 0.136. The molecule has 1 aliphatic heterocycles. The van der Waals surface area contributed by atoms with Crippen LogP contribution < -0.4 is 5.32 Å². The summed E-state index contributed by atoms with van der Waals surface area (Å²) < 4.78 is 13.4. The largest absolute Gasteiger partial charge is 0.465 e. The molecule has 3 heterocycles. The fourth-order valence-corrected chi connectivity index (χ4v) is 4.00. The quantitative estimate of drug-likeness (QED) is 0.552. The molecule has 0 amide bonds. The molecule has 8 heteroatoms. The number of guanidine groups is 1. The van der Waals surface area contributed by atoms with Crippen LogP contribution in [0.5, 0.6) is 0 Å². The summed E-state index contributed by atoms with van der Waals surface area (Å²) in [4.78, 5) is 9.07.